The van der Waals surface area contributed by atoms with Crippen LogP contribution in [0.25, 0.3) is 48.9 Å². The number of aromatic nitrogens is 1. The van der Waals surface area contributed by atoms with Gasteiger partial charge < -0.3 is 14.6 Å². The molecular weight excluding hydrogens is 444 g/mol. The number of esters is 1. The number of nitrogens with one attached hydrogen (secondary N) is 1. The molecule has 36 heavy (non-hydrogen) atoms. The summed E-state index contributed by atoms with van der Waals surface area (Å²) in [6.07, 6.45) is 0. The van der Waals surface area contributed by atoms with Gasteiger partial charge in [-0.1, -0.05) is 84.9 Å². The third kappa shape index (κ3) is 2.91. The lowest BCUT2D eigenvalue weighted by atomic mass is 9.93. The monoisotopic (exact) mass is 466 g/mol. The van der Waals surface area contributed by atoms with Gasteiger partial charge in [0.15, 0.2) is 5.69 Å². The van der Waals surface area contributed by atoms with Crippen molar-refractivity contribution in [1.82, 2.24) is 4.57 Å². The van der Waals surface area contributed by atoms with E-state index in [2.05, 4.69) is 59.9 Å². The Morgan fingerprint density at radius 2 is 1.33 bits per heavy atom. The minimum absolute atomic E-state index is 0.393. The Balaban J connectivity index is 1.52. The molecule has 0 aliphatic rings. The number of carbonyl (C=O) groups excluding carboxylic acids is 1. The zero-order chi connectivity index (χ0) is 24.2. The zero-order valence-electron chi connectivity index (χ0n) is 19.7. The second-order valence-electron chi connectivity index (χ2n) is 9.00. The van der Waals surface area contributed by atoms with Crippen molar-refractivity contribution < 1.29 is 9.53 Å². The van der Waals surface area contributed by atoms with Gasteiger partial charge >= 0.3 is 5.97 Å². The number of hydrogen-bond donors (Lipinski definition) is 1. The smallest absolute Gasteiger partial charge is 0.357 e. The van der Waals surface area contributed by atoms with Gasteiger partial charge in [-0.15, -0.1) is 0 Å². The van der Waals surface area contributed by atoms with Crippen LogP contribution in [0.4, 0.5) is 11.4 Å². The predicted molar refractivity (Wildman–Crippen MR) is 148 cm³/mol. The second-order valence-corrected chi connectivity index (χ2v) is 9.00. The third-order valence-electron chi connectivity index (χ3n) is 7.06. The van der Waals surface area contributed by atoms with Crippen molar-refractivity contribution in [3.05, 3.63) is 115 Å². The molecule has 0 spiro atoms. The van der Waals surface area contributed by atoms with Gasteiger partial charge in [0.05, 0.1) is 18.3 Å². The molecule has 1 heterocycles. The van der Waals surface area contributed by atoms with Crippen molar-refractivity contribution in [3.8, 4) is 5.69 Å². The SMILES string of the molecule is COC(=O)c1c(Nc2ccc3ccc4cccc5ccc2c3c45)c2ccccc2n1-c1ccccc1. The lowest BCUT2D eigenvalue weighted by Gasteiger charge is -2.16. The highest BCUT2D eigenvalue weighted by Gasteiger charge is 2.25. The van der Waals surface area contributed by atoms with E-state index in [-0.39, 0.29) is 0 Å². The molecule has 0 fully saturated rings. The molecule has 7 aromatic rings. The topological polar surface area (TPSA) is 43.3 Å². The average Bonchev–Trinajstić information content (AvgIpc) is 3.26. The molecular formula is C32H22N2O2. The van der Waals surface area contributed by atoms with E-state index in [0.717, 1.165) is 33.4 Å². The lowest BCUT2D eigenvalue weighted by molar-refractivity contribution is 0.0593. The molecule has 1 aromatic heterocycles. The summed E-state index contributed by atoms with van der Waals surface area (Å²) in [6.45, 7) is 0. The van der Waals surface area contributed by atoms with Gasteiger partial charge in [-0.25, -0.2) is 4.79 Å². The largest absolute Gasteiger partial charge is 0.464 e. The molecule has 0 saturated heterocycles. The van der Waals surface area contributed by atoms with Gasteiger partial charge in [0.25, 0.3) is 0 Å². The van der Waals surface area contributed by atoms with Crippen LogP contribution in [0.5, 0.6) is 0 Å². The molecule has 4 nitrogen and oxygen atoms in total. The first-order valence-corrected chi connectivity index (χ1v) is 12.0. The maximum atomic E-state index is 13.2. The molecule has 6 aromatic carbocycles. The van der Waals surface area contributed by atoms with Gasteiger partial charge in [-0.3, -0.25) is 0 Å². The van der Waals surface area contributed by atoms with Crippen molar-refractivity contribution >= 4 is 60.6 Å². The Kier molecular flexibility index (Phi) is 4.48. The van der Waals surface area contributed by atoms with Crippen LogP contribution in [0.2, 0.25) is 0 Å². The fourth-order valence-electron chi connectivity index (χ4n) is 5.48. The number of para-hydroxylation sites is 2. The molecule has 0 saturated carbocycles. The predicted octanol–water partition coefficient (Wildman–Crippen LogP) is 8.06. The summed E-state index contributed by atoms with van der Waals surface area (Å²) in [5.74, 6) is -0.393. The van der Waals surface area contributed by atoms with E-state index in [1.807, 2.05) is 59.2 Å². The van der Waals surface area contributed by atoms with Crippen molar-refractivity contribution in [1.29, 1.82) is 0 Å². The molecule has 7 rings (SSSR count). The number of nitrogens with zero attached hydrogens (tertiary/aromatic N) is 1. The summed E-state index contributed by atoms with van der Waals surface area (Å²) < 4.78 is 7.26. The fourth-order valence-corrected chi connectivity index (χ4v) is 5.48. The van der Waals surface area contributed by atoms with E-state index < -0.39 is 5.97 Å². The molecule has 4 heteroatoms. The molecule has 0 aliphatic heterocycles. The van der Waals surface area contributed by atoms with E-state index in [9.17, 15) is 4.79 Å². The molecule has 172 valence electrons. The van der Waals surface area contributed by atoms with Gasteiger partial charge in [-0.2, -0.15) is 0 Å². The van der Waals surface area contributed by atoms with Crippen molar-refractivity contribution in [3.63, 3.8) is 0 Å². The molecule has 0 amide bonds. The summed E-state index contributed by atoms with van der Waals surface area (Å²) in [7, 11) is 1.43. The Morgan fingerprint density at radius 3 is 2.11 bits per heavy atom. The third-order valence-corrected chi connectivity index (χ3v) is 7.06. The number of methoxy groups -OCH3 is 1. The summed E-state index contributed by atoms with van der Waals surface area (Å²) >= 11 is 0. The average molecular weight is 467 g/mol. The number of fused-ring (bicyclic) bond motifs is 1. The lowest BCUT2D eigenvalue weighted by Crippen LogP contribution is -2.11. The van der Waals surface area contributed by atoms with Crippen LogP contribution in [0.1, 0.15) is 10.5 Å². The van der Waals surface area contributed by atoms with E-state index >= 15 is 0 Å². The number of carbonyl (C=O) groups is 1. The standard InChI is InChI=1S/C32H22N2O2/c1-36-32(35)31-30(25-12-5-6-13-27(25)34(31)23-10-3-2-4-11-23)33-26-19-17-22-15-14-20-8-7-9-21-16-18-24(26)29(22)28(20)21/h2-19,33H,1H3. The maximum Gasteiger partial charge on any atom is 0.357 e. The van der Waals surface area contributed by atoms with Crippen LogP contribution >= 0.6 is 0 Å². The normalized spacial score (nSPS) is 11.6. The summed E-state index contributed by atoms with van der Waals surface area (Å²) in [4.78, 5) is 13.2. The van der Waals surface area contributed by atoms with E-state index in [1.165, 1.54) is 34.0 Å². The van der Waals surface area contributed by atoms with E-state index in [1.54, 1.807) is 0 Å². The van der Waals surface area contributed by atoms with Crippen molar-refractivity contribution in [2.75, 3.05) is 12.4 Å². The maximum absolute atomic E-state index is 13.2. The van der Waals surface area contributed by atoms with E-state index in [0.29, 0.717) is 5.69 Å². The Hall–Kier alpha value is -4.83. The van der Waals surface area contributed by atoms with Gasteiger partial charge in [-0.05, 0) is 51.2 Å². The first kappa shape index (κ1) is 20.5. The van der Waals surface area contributed by atoms with Crippen LogP contribution in [0.3, 0.4) is 0 Å². The Bertz CT molecular complexity index is 1900. The summed E-state index contributed by atoms with van der Waals surface area (Å²) in [5.41, 5.74) is 3.98. The number of hydrogen-bond acceptors (Lipinski definition) is 3. The molecule has 0 radical (unpaired) electrons. The first-order valence-electron chi connectivity index (χ1n) is 12.0. The van der Waals surface area contributed by atoms with Gasteiger partial charge in [0.2, 0.25) is 0 Å². The van der Waals surface area contributed by atoms with Crippen LogP contribution in [-0.2, 0) is 4.74 Å². The van der Waals surface area contributed by atoms with Crippen molar-refractivity contribution in [2.45, 2.75) is 0 Å². The Morgan fingerprint density at radius 1 is 0.667 bits per heavy atom. The zero-order valence-corrected chi connectivity index (χ0v) is 19.7. The number of benzene rings is 6. The van der Waals surface area contributed by atoms with Gasteiger partial charge in [0.1, 0.15) is 0 Å². The molecule has 0 aliphatic carbocycles. The Labute approximate surface area is 207 Å². The minimum Gasteiger partial charge on any atom is -0.464 e. The highest BCUT2D eigenvalue weighted by Crippen LogP contribution is 2.41. The molecule has 0 atom stereocenters. The molecule has 0 bridgehead atoms. The highest BCUT2D eigenvalue weighted by molar-refractivity contribution is 6.25. The first-order chi connectivity index (χ1) is 17.7. The summed E-state index contributed by atoms with van der Waals surface area (Å²) in [5, 5.41) is 11.8. The quantitative estimate of drug-likeness (QED) is 0.211. The minimum atomic E-state index is -0.393. The fraction of sp³-hybridized carbons (Fsp3) is 0.0312. The number of anilines is 2. The van der Waals surface area contributed by atoms with Crippen LogP contribution in [0, 0.1) is 0 Å². The van der Waals surface area contributed by atoms with Gasteiger partial charge in [0, 0.05) is 22.1 Å². The molecule has 0 unspecified atom stereocenters. The highest BCUT2D eigenvalue weighted by atomic mass is 16.5. The van der Waals surface area contributed by atoms with Crippen LogP contribution < -0.4 is 5.32 Å². The van der Waals surface area contributed by atoms with Crippen LogP contribution in [-0.4, -0.2) is 17.6 Å². The van der Waals surface area contributed by atoms with Crippen LogP contribution in [0.15, 0.2) is 109 Å². The van der Waals surface area contributed by atoms with E-state index in [4.69, 9.17) is 4.74 Å². The second kappa shape index (κ2) is 7.85. The van der Waals surface area contributed by atoms with Crippen molar-refractivity contribution in [2.24, 2.45) is 0 Å². The number of ether oxygens (including phenoxy) is 1. The number of rotatable bonds is 4. The summed E-state index contributed by atoms with van der Waals surface area (Å²) in [6, 6.07) is 37.3. The molecule has 1 N–H and O–H groups in total.